The predicted octanol–water partition coefficient (Wildman–Crippen LogP) is 5.39. The average molecular weight is 340 g/mol. The number of benzene rings is 1. The molecule has 0 amide bonds. The maximum atomic E-state index is 11.5. The Balaban J connectivity index is 1.84. The molecule has 1 heterocycles. The third-order valence-electron chi connectivity index (χ3n) is 5.04. The first-order chi connectivity index (χ1) is 11.7. The number of Topliss-reactive ketones (excluding diaryl/α,β-unsaturated/α-hetero) is 1. The zero-order valence-corrected chi connectivity index (χ0v) is 15.3. The van der Waals surface area contributed by atoms with Crippen molar-refractivity contribution < 1.29 is 4.79 Å². The molecule has 3 heteroatoms. The van der Waals surface area contributed by atoms with Gasteiger partial charge < -0.3 is 0 Å². The van der Waals surface area contributed by atoms with Crippen molar-refractivity contribution >= 4 is 17.5 Å². The largest absolute Gasteiger partial charge is 0.300 e. The number of thioether (sulfide) groups is 1. The lowest BCUT2D eigenvalue weighted by Crippen LogP contribution is -2.17. The van der Waals surface area contributed by atoms with Gasteiger partial charge in [-0.3, -0.25) is 9.78 Å². The van der Waals surface area contributed by atoms with E-state index in [1.54, 1.807) is 11.8 Å². The summed E-state index contributed by atoms with van der Waals surface area (Å²) in [5, 5.41) is 0. The van der Waals surface area contributed by atoms with Crippen LogP contribution in [0.3, 0.4) is 0 Å². The molecule has 1 unspecified atom stereocenters. The van der Waals surface area contributed by atoms with Gasteiger partial charge in [0.15, 0.2) is 0 Å². The minimum Gasteiger partial charge on any atom is -0.300 e. The molecule has 2 nitrogen and oxygen atoms in total. The van der Waals surface area contributed by atoms with Crippen LogP contribution in [0.1, 0.15) is 54.8 Å². The highest BCUT2D eigenvalue weighted by molar-refractivity contribution is 7.98. The number of aryl methyl sites for hydroxylation is 1. The van der Waals surface area contributed by atoms with Crippen LogP contribution >= 0.6 is 11.8 Å². The molecule has 0 aliphatic heterocycles. The van der Waals surface area contributed by atoms with Crippen LogP contribution in [0.2, 0.25) is 0 Å². The summed E-state index contributed by atoms with van der Waals surface area (Å²) >= 11 is 1.77. The first-order valence-corrected chi connectivity index (χ1v) is 9.96. The summed E-state index contributed by atoms with van der Waals surface area (Å²) in [4.78, 5) is 17.5. The van der Waals surface area contributed by atoms with Crippen molar-refractivity contribution in [2.45, 2.75) is 49.8 Å². The fourth-order valence-corrected chi connectivity index (χ4v) is 3.93. The molecule has 1 aliphatic carbocycles. The smallest absolute Gasteiger partial charge is 0.132 e. The number of nitrogens with zero attached hydrogens (tertiary/aromatic N) is 1. The molecular formula is C21H25NOS. The molecule has 0 radical (unpaired) electrons. The fourth-order valence-electron chi connectivity index (χ4n) is 3.52. The third-order valence-corrected chi connectivity index (χ3v) is 5.78. The second-order valence-electron chi connectivity index (χ2n) is 6.80. The van der Waals surface area contributed by atoms with Crippen molar-refractivity contribution in [2.75, 3.05) is 6.26 Å². The molecule has 126 valence electrons. The Morgan fingerprint density at radius 1 is 1.12 bits per heavy atom. The number of aromatic nitrogens is 1. The Kier molecular flexibility index (Phi) is 5.72. The Morgan fingerprint density at radius 3 is 2.42 bits per heavy atom. The van der Waals surface area contributed by atoms with Crippen molar-refractivity contribution in [3.8, 4) is 0 Å². The summed E-state index contributed by atoms with van der Waals surface area (Å²) in [5.74, 6) is 1.37. The van der Waals surface area contributed by atoms with Gasteiger partial charge in [-0.05, 0) is 67.7 Å². The van der Waals surface area contributed by atoms with E-state index >= 15 is 0 Å². The number of ketones is 1. The minimum atomic E-state index is 0.319. The van der Waals surface area contributed by atoms with Crippen LogP contribution in [0.5, 0.6) is 0 Å². The highest BCUT2D eigenvalue weighted by atomic mass is 32.2. The monoisotopic (exact) mass is 339 g/mol. The molecule has 1 aliphatic rings. The van der Waals surface area contributed by atoms with Crippen molar-refractivity contribution in [1.29, 1.82) is 0 Å². The summed E-state index contributed by atoms with van der Waals surface area (Å²) < 4.78 is 0. The Labute approximate surface area is 149 Å². The van der Waals surface area contributed by atoms with Crippen LogP contribution < -0.4 is 0 Å². The van der Waals surface area contributed by atoms with E-state index in [1.807, 2.05) is 6.20 Å². The van der Waals surface area contributed by atoms with E-state index in [-0.39, 0.29) is 0 Å². The van der Waals surface area contributed by atoms with Gasteiger partial charge >= 0.3 is 0 Å². The van der Waals surface area contributed by atoms with Gasteiger partial charge in [0.25, 0.3) is 0 Å². The molecule has 1 fully saturated rings. The minimum absolute atomic E-state index is 0.319. The van der Waals surface area contributed by atoms with Crippen molar-refractivity contribution in [3.63, 3.8) is 0 Å². The van der Waals surface area contributed by atoms with Crippen molar-refractivity contribution in [1.82, 2.24) is 4.98 Å². The van der Waals surface area contributed by atoms with Gasteiger partial charge in [0.05, 0.1) is 0 Å². The summed E-state index contributed by atoms with van der Waals surface area (Å²) in [6, 6.07) is 13.2. The molecule has 24 heavy (non-hydrogen) atoms. The normalized spacial score (nSPS) is 17.0. The molecule has 2 aromatic rings. The Hall–Kier alpha value is -1.61. The number of pyridine rings is 1. The number of carbonyl (C=O) groups excluding carboxylic acids is 1. The highest BCUT2D eigenvalue weighted by Gasteiger charge is 2.25. The van der Waals surface area contributed by atoms with E-state index in [1.165, 1.54) is 16.0 Å². The molecular weight excluding hydrogens is 314 g/mol. The van der Waals surface area contributed by atoms with Crippen molar-refractivity contribution in [2.24, 2.45) is 5.92 Å². The van der Waals surface area contributed by atoms with E-state index in [0.29, 0.717) is 17.6 Å². The van der Waals surface area contributed by atoms with Gasteiger partial charge in [-0.1, -0.05) is 18.2 Å². The first kappa shape index (κ1) is 17.2. The molecule has 1 aromatic heterocycles. The number of carbonyl (C=O) groups is 1. The molecule has 1 aromatic carbocycles. The van der Waals surface area contributed by atoms with E-state index in [2.05, 4.69) is 49.6 Å². The molecule has 1 saturated carbocycles. The summed E-state index contributed by atoms with van der Waals surface area (Å²) in [6.45, 7) is 2.08. The van der Waals surface area contributed by atoms with Crippen molar-refractivity contribution in [3.05, 3.63) is 59.4 Å². The van der Waals surface area contributed by atoms with E-state index in [0.717, 1.165) is 37.8 Å². The van der Waals surface area contributed by atoms with Gasteiger partial charge in [-0.15, -0.1) is 11.8 Å². The molecule has 1 atom stereocenters. The molecule has 0 saturated heterocycles. The first-order valence-electron chi connectivity index (χ1n) is 8.74. The lowest BCUT2D eigenvalue weighted by atomic mass is 9.79. The molecule has 0 N–H and O–H groups in total. The third kappa shape index (κ3) is 4.27. The van der Waals surface area contributed by atoms with E-state index in [4.69, 9.17) is 4.98 Å². The van der Waals surface area contributed by atoms with Gasteiger partial charge in [0.1, 0.15) is 5.78 Å². The van der Waals surface area contributed by atoms with Gasteiger partial charge in [-0.2, -0.15) is 0 Å². The fraction of sp³-hybridized carbons (Fsp3) is 0.429. The van der Waals surface area contributed by atoms with Crippen LogP contribution in [0.15, 0.2) is 47.5 Å². The summed E-state index contributed by atoms with van der Waals surface area (Å²) in [7, 11) is 0. The quantitative estimate of drug-likeness (QED) is 0.684. The predicted molar refractivity (Wildman–Crippen MR) is 101 cm³/mol. The highest BCUT2D eigenvalue weighted by Crippen LogP contribution is 2.36. The van der Waals surface area contributed by atoms with Crippen LogP contribution in [0.4, 0.5) is 0 Å². The second-order valence-corrected chi connectivity index (χ2v) is 7.68. The molecule has 0 bridgehead atoms. The zero-order chi connectivity index (χ0) is 16.9. The van der Waals surface area contributed by atoms with Gasteiger partial charge in [0.2, 0.25) is 0 Å². The average Bonchev–Trinajstić information content (AvgIpc) is 2.62. The lowest BCUT2D eigenvalue weighted by Gasteiger charge is -2.26. The Bertz CT molecular complexity index is 668. The Morgan fingerprint density at radius 2 is 1.83 bits per heavy atom. The second kappa shape index (κ2) is 7.98. The molecule has 0 spiro atoms. The van der Waals surface area contributed by atoms with Gasteiger partial charge in [-0.25, -0.2) is 0 Å². The maximum absolute atomic E-state index is 11.5. The SMILES string of the molecule is CSc1ccc(C(CC2CCC(=O)CC2)c2ccc(C)cn2)cc1. The number of hydrogen-bond donors (Lipinski definition) is 0. The van der Waals surface area contributed by atoms with Crippen LogP contribution in [-0.2, 0) is 4.79 Å². The van der Waals surface area contributed by atoms with Crippen LogP contribution in [-0.4, -0.2) is 17.0 Å². The van der Waals surface area contributed by atoms with E-state index in [9.17, 15) is 4.79 Å². The number of hydrogen-bond acceptors (Lipinski definition) is 3. The van der Waals surface area contributed by atoms with E-state index < -0.39 is 0 Å². The topological polar surface area (TPSA) is 30.0 Å². The maximum Gasteiger partial charge on any atom is 0.132 e. The van der Waals surface area contributed by atoms with Crippen LogP contribution in [0.25, 0.3) is 0 Å². The summed E-state index contributed by atoms with van der Waals surface area (Å²) in [5.41, 5.74) is 3.67. The lowest BCUT2D eigenvalue weighted by molar-refractivity contribution is -0.121. The summed E-state index contributed by atoms with van der Waals surface area (Å²) in [6.07, 6.45) is 8.72. The number of rotatable bonds is 5. The van der Waals surface area contributed by atoms with Gasteiger partial charge in [0, 0.05) is 35.5 Å². The van der Waals surface area contributed by atoms with Crippen LogP contribution in [0, 0.1) is 12.8 Å². The zero-order valence-electron chi connectivity index (χ0n) is 14.5. The molecule has 3 rings (SSSR count). The standard InChI is InChI=1S/C21H25NOS/c1-15-3-12-21(22-14-15)20(13-16-4-8-18(23)9-5-16)17-6-10-19(24-2)11-7-17/h3,6-7,10-12,14,16,20H,4-5,8-9,13H2,1-2H3.